The second-order valence-electron chi connectivity index (χ2n) is 3.78. The molecule has 1 aliphatic rings. The Morgan fingerprint density at radius 3 is 2.80 bits per heavy atom. The van der Waals surface area contributed by atoms with Crippen molar-refractivity contribution in [3.05, 3.63) is 11.7 Å². The van der Waals surface area contributed by atoms with Gasteiger partial charge in [0.2, 0.25) is 5.89 Å². The number of carbonyl (C=O) groups excluding carboxylic acids is 1. The summed E-state index contributed by atoms with van der Waals surface area (Å²) >= 11 is 0. The third kappa shape index (κ3) is 1.73. The molecule has 5 heteroatoms. The lowest BCUT2D eigenvalue weighted by molar-refractivity contribution is 0.0508. The van der Waals surface area contributed by atoms with Gasteiger partial charge in [0.15, 0.2) is 0 Å². The van der Waals surface area contributed by atoms with Crippen LogP contribution in [0.15, 0.2) is 4.52 Å². The highest BCUT2D eigenvalue weighted by molar-refractivity contribution is 5.84. The normalized spacial score (nSPS) is 17.5. The average Bonchev–Trinajstić information content (AvgIpc) is 2.88. The summed E-state index contributed by atoms with van der Waals surface area (Å²) in [5.41, 5.74) is 0.0394. The molecule has 0 amide bonds. The van der Waals surface area contributed by atoms with Crippen molar-refractivity contribution < 1.29 is 14.1 Å². The lowest BCUT2D eigenvalue weighted by atomic mass is 10.0. The van der Waals surface area contributed by atoms with Gasteiger partial charge in [-0.2, -0.15) is 4.98 Å². The molecule has 1 heterocycles. The van der Waals surface area contributed by atoms with Crippen LogP contribution in [0.3, 0.4) is 0 Å². The zero-order valence-corrected chi connectivity index (χ0v) is 8.95. The van der Waals surface area contributed by atoms with Crippen LogP contribution in [0.25, 0.3) is 0 Å². The number of nitrogens with zero attached hydrogens (tertiary/aromatic N) is 2. The molecule has 0 atom stereocenters. The molecule has 0 saturated heterocycles. The second-order valence-corrected chi connectivity index (χ2v) is 3.78. The van der Waals surface area contributed by atoms with Crippen LogP contribution in [-0.4, -0.2) is 22.7 Å². The maximum absolute atomic E-state index is 11.3. The van der Waals surface area contributed by atoms with E-state index >= 15 is 0 Å². The molecule has 1 aromatic heterocycles. The number of aromatic nitrogens is 2. The van der Waals surface area contributed by atoms with Crippen molar-refractivity contribution in [2.45, 2.75) is 38.5 Å². The van der Waals surface area contributed by atoms with E-state index in [4.69, 9.17) is 9.26 Å². The second kappa shape index (κ2) is 3.64. The molecule has 1 aromatic rings. The average molecular weight is 210 g/mol. The number of esters is 1. The molecule has 0 radical (unpaired) electrons. The zero-order chi connectivity index (χ0) is 10.9. The van der Waals surface area contributed by atoms with E-state index in [1.807, 2.05) is 0 Å². The maximum atomic E-state index is 11.3. The van der Waals surface area contributed by atoms with E-state index in [-0.39, 0.29) is 11.2 Å². The van der Waals surface area contributed by atoms with E-state index in [1.54, 1.807) is 6.92 Å². The highest BCUT2D eigenvalue weighted by atomic mass is 16.5. The molecule has 2 rings (SSSR count). The van der Waals surface area contributed by atoms with Crippen molar-refractivity contribution >= 4 is 5.97 Å². The van der Waals surface area contributed by atoms with Crippen molar-refractivity contribution in [1.29, 1.82) is 0 Å². The first-order valence-corrected chi connectivity index (χ1v) is 5.23. The minimum atomic E-state index is -0.514. The Morgan fingerprint density at radius 1 is 1.53 bits per heavy atom. The molecule has 0 bridgehead atoms. The third-order valence-corrected chi connectivity index (χ3v) is 2.87. The van der Waals surface area contributed by atoms with Crippen molar-refractivity contribution in [3.8, 4) is 0 Å². The van der Waals surface area contributed by atoms with Gasteiger partial charge in [-0.25, -0.2) is 4.79 Å². The van der Waals surface area contributed by atoms with Crippen molar-refractivity contribution in [3.63, 3.8) is 0 Å². The van der Waals surface area contributed by atoms with Gasteiger partial charge < -0.3 is 9.26 Å². The van der Waals surface area contributed by atoms with Gasteiger partial charge in [-0.05, 0) is 31.3 Å². The van der Waals surface area contributed by atoms with Crippen LogP contribution in [0.2, 0.25) is 0 Å². The Bertz CT molecular complexity index is 368. The van der Waals surface area contributed by atoms with E-state index in [0.29, 0.717) is 12.5 Å². The van der Waals surface area contributed by atoms with Gasteiger partial charge >= 0.3 is 5.97 Å². The van der Waals surface area contributed by atoms with Gasteiger partial charge in [-0.3, -0.25) is 0 Å². The summed E-state index contributed by atoms with van der Waals surface area (Å²) in [6.07, 6.45) is 3.10. The third-order valence-electron chi connectivity index (χ3n) is 2.87. The van der Waals surface area contributed by atoms with E-state index in [2.05, 4.69) is 17.1 Å². The fraction of sp³-hybridized carbons (Fsp3) is 0.700. The Balaban J connectivity index is 2.14. The molecular weight excluding hydrogens is 196 g/mol. The summed E-state index contributed by atoms with van der Waals surface area (Å²) in [6.45, 7) is 4.15. The van der Waals surface area contributed by atoms with Crippen LogP contribution in [0.1, 0.15) is 49.6 Å². The predicted octanol–water partition coefficient (Wildman–Crippen LogP) is 1.69. The van der Waals surface area contributed by atoms with Crippen molar-refractivity contribution in [2.75, 3.05) is 6.61 Å². The molecule has 0 spiro atoms. The van der Waals surface area contributed by atoms with Gasteiger partial charge in [0, 0.05) is 5.41 Å². The quantitative estimate of drug-likeness (QED) is 0.707. The first kappa shape index (κ1) is 10.1. The molecule has 82 valence electrons. The first-order chi connectivity index (χ1) is 7.22. The summed E-state index contributed by atoms with van der Waals surface area (Å²) in [4.78, 5) is 15.4. The van der Waals surface area contributed by atoms with Crippen LogP contribution in [0.5, 0.6) is 0 Å². The van der Waals surface area contributed by atoms with E-state index in [9.17, 15) is 4.79 Å². The number of ether oxygens (including phenoxy) is 1. The van der Waals surface area contributed by atoms with Crippen LogP contribution in [0.4, 0.5) is 0 Å². The standard InChI is InChI=1S/C10H14N2O3/c1-3-10(5-6-10)9-11-7(12-15-9)8(13)14-4-2/h3-6H2,1-2H3. The fourth-order valence-electron chi connectivity index (χ4n) is 1.59. The van der Waals surface area contributed by atoms with Crippen LogP contribution in [0, 0.1) is 0 Å². The lowest BCUT2D eigenvalue weighted by Crippen LogP contribution is -2.09. The Morgan fingerprint density at radius 2 is 2.27 bits per heavy atom. The fourth-order valence-corrected chi connectivity index (χ4v) is 1.59. The van der Waals surface area contributed by atoms with E-state index in [1.165, 1.54) is 0 Å². The highest BCUT2D eigenvalue weighted by Crippen LogP contribution is 2.49. The molecule has 1 fully saturated rings. The molecule has 15 heavy (non-hydrogen) atoms. The van der Waals surface area contributed by atoms with Crippen molar-refractivity contribution in [1.82, 2.24) is 10.1 Å². The van der Waals surface area contributed by atoms with Gasteiger partial charge in [-0.1, -0.05) is 6.92 Å². The highest BCUT2D eigenvalue weighted by Gasteiger charge is 2.47. The molecule has 0 aliphatic heterocycles. The molecule has 0 N–H and O–H groups in total. The minimum absolute atomic E-state index is 0.0339. The molecule has 1 aliphatic carbocycles. The maximum Gasteiger partial charge on any atom is 0.379 e. The van der Waals surface area contributed by atoms with Crippen LogP contribution in [-0.2, 0) is 10.2 Å². The molecule has 0 aromatic carbocycles. The summed E-state index contributed by atoms with van der Waals surface area (Å²) < 4.78 is 9.87. The van der Waals surface area contributed by atoms with Gasteiger partial charge in [-0.15, -0.1) is 0 Å². The minimum Gasteiger partial charge on any atom is -0.460 e. The number of rotatable bonds is 4. The zero-order valence-electron chi connectivity index (χ0n) is 8.95. The molecule has 5 nitrogen and oxygen atoms in total. The Labute approximate surface area is 87.8 Å². The number of carbonyl (C=O) groups is 1. The van der Waals surface area contributed by atoms with Gasteiger partial charge in [0.05, 0.1) is 6.61 Å². The van der Waals surface area contributed by atoms with Crippen LogP contribution < -0.4 is 0 Å². The molecule has 0 unspecified atom stereocenters. The van der Waals surface area contributed by atoms with Crippen LogP contribution >= 0.6 is 0 Å². The molecule has 1 saturated carbocycles. The topological polar surface area (TPSA) is 65.2 Å². The first-order valence-electron chi connectivity index (χ1n) is 5.23. The Kier molecular flexibility index (Phi) is 2.46. The van der Waals surface area contributed by atoms with E-state index in [0.717, 1.165) is 19.3 Å². The van der Waals surface area contributed by atoms with Gasteiger partial charge in [0.1, 0.15) is 0 Å². The lowest BCUT2D eigenvalue weighted by Gasteiger charge is -2.03. The van der Waals surface area contributed by atoms with E-state index < -0.39 is 5.97 Å². The summed E-state index contributed by atoms with van der Waals surface area (Å²) in [5, 5.41) is 3.63. The smallest absolute Gasteiger partial charge is 0.379 e. The summed E-state index contributed by atoms with van der Waals surface area (Å²) in [7, 11) is 0. The Hall–Kier alpha value is -1.39. The van der Waals surface area contributed by atoms with Crippen molar-refractivity contribution in [2.24, 2.45) is 0 Å². The number of hydrogen-bond donors (Lipinski definition) is 0. The summed E-state index contributed by atoms with van der Waals surface area (Å²) in [6, 6.07) is 0. The molecular formula is C10H14N2O3. The number of hydrogen-bond acceptors (Lipinski definition) is 5. The van der Waals surface area contributed by atoms with Gasteiger partial charge in [0.25, 0.3) is 5.82 Å². The monoisotopic (exact) mass is 210 g/mol. The predicted molar refractivity (Wildman–Crippen MR) is 51.5 cm³/mol. The largest absolute Gasteiger partial charge is 0.460 e. The SMILES string of the molecule is CCOC(=O)c1noc(C2(CC)CC2)n1. The summed E-state index contributed by atoms with van der Waals surface area (Å²) in [5.74, 6) is 0.0963.